The molecule has 2 heterocycles. The second kappa shape index (κ2) is 6.34. The fraction of sp³-hybridized carbons (Fsp3) is 0.450. The summed E-state index contributed by atoms with van der Waals surface area (Å²) in [5.41, 5.74) is 5.15. The molecule has 0 aromatic carbocycles. The van der Waals surface area contributed by atoms with Gasteiger partial charge in [-0.25, -0.2) is 4.98 Å². The van der Waals surface area contributed by atoms with Gasteiger partial charge >= 0.3 is 0 Å². The van der Waals surface area contributed by atoms with Crippen LogP contribution in [0.1, 0.15) is 65.3 Å². The van der Waals surface area contributed by atoms with Crippen molar-refractivity contribution in [2.75, 3.05) is 0 Å². The molecule has 128 valence electrons. The topological polar surface area (TPSA) is 58.4 Å². The van der Waals surface area contributed by atoms with E-state index in [1.54, 1.807) is 6.92 Å². The number of aromatic nitrogens is 2. The summed E-state index contributed by atoms with van der Waals surface area (Å²) in [7, 11) is 0. The molecule has 0 atom stereocenters. The van der Waals surface area contributed by atoms with Gasteiger partial charge in [0.25, 0.3) is 0 Å². The summed E-state index contributed by atoms with van der Waals surface area (Å²) in [6.45, 7) is 14.7. The lowest BCUT2D eigenvalue weighted by Gasteiger charge is -2.22. The molecule has 0 aliphatic carbocycles. The van der Waals surface area contributed by atoms with Gasteiger partial charge in [0.2, 0.25) is 0 Å². The summed E-state index contributed by atoms with van der Waals surface area (Å²) in [4.78, 5) is 9.17. The first-order valence-corrected chi connectivity index (χ1v) is 8.21. The van der Waals surface area contributed by atoms with Crippen molar-refractivity contribution in [3.63, 3.8) is 0 Å². The van der Waals surface area contributed by atoms with Crippen LogP contribution in [-0.4, -0.2) is 20.9 Å². The maximum Gasteiger partial charge on any atom is 0.102 e. The minimum absolute atomic E-state index is 0.0379. The van der Waals surface area contributed by atoms with E-state index < -0.39 is 0 Å². The van der Waals surface area contributed by atoms with Crippen molar-refractivity contribution < 1.29 is 5.21 Å². The Bertz CT molecular complexity index is 765. The van der Waals surface area contributed by atoms with Crippen LogP contribution in [0.2, 0.25) is 0 Å². The summed E-state index contributed by atoms with van der Waals surface area (Å²) in [5, 5.41) is 12.4. The molecule has 0 bridgehead atoms. The van der Waals surface area contributed by atoms with Crippen molar-refractivity contribution in [3.05, 3.63) is 47.3 Å². The molecule has 0 saturated heterocycles. The molecule has 0 amide bonds. The molecule has 0 radical (unpaired) electrons. The average Bonchev–Trinajstić information content (AvgIpc) is 2.52. The molecule has 4 heteroatoms. The third-order valence-corrected chi connectivity index (χ3v) is 4.10. The molecular formula is C20H27N3O. The van der Waals surface area contributed by atoms with Crippen LogP contribution in [-0.2, 0) is 10.8 Å². The fourth-order valence-electron chi connectivity index (χ4n) is 2.37. The zero-order chi connectivity index (χ0) is 18.1. The summed E-state index contributed by atoms with van der Waals surface area (Å²) in [6, 6.07) is 8.18. The molecule has 0 unspecified atom stereocenters. The number of nitrogens with zero attached hydrogens (tertiary/aromatic N) is 3. The molecule has 4 nitrogen and oxygen atoms in total. The van der Waals surface area contributed by atoms with Gasteiger partial charge in [-0.2, -0.15) is 0 Å². The smallest absolute Gasteiger partial charge is 0.102 e. The van der Waals surface area contributed by atoms with Gasteiger partial charge in [0.1, 0.15) is 5.71 Å². The van der Waals surface area contributed by atoms with Crippen molar-refractivity contribution in [1.82, 2.24) is 9.97 Å². The Morgan fingerprint density at radius 1 is 0.917 bits per heavy atom. The van der Waals surface area contributed by atoms with E-state index in [9.17, 15) is 0 Å². The zero-order valence-electron chi connectivity index (χ0n) is 15.7. The van der Waals surface area contributed by atoms with E-state index in [1.165, 1.54) is 5.56 Å². The van der Waals surface area contributed by atoms with Crippen LogP contribution in [0.5, 0.6) is 0 Å². The van der Waals surface area contributed by atoms with Crippen LogP contribution in [0, 0.1) is 0 Å². The fourth-order valence-corrected chi connectivity index (χ4v) is 2.37. The van der Waals surface area contributed by atoms with Gasteiger partial charge < -0.3 is 5.21 Å². The van der Waals surface area contributed by atoms with E-state index in [-0.39, 0.29) is 10.8 Å². The lowest BCUT2D eigenvalue weighted by molar-refractivity contribution is 0.319. The normalized spacial score (nSPS) is 13.2. The molecule has 0 fully saturated rings. The molecular weight excluding hydrogens is 298 g/mol. The van der Waals surface area contributed by atoms with Crippen LogP contribution in [0.3, 0.4) is 0 Å². The number of hydrogen-bond donors (Lipinski definition) is 1. The Labute approximate surface area is 144 Å². The van der Waals surface area contributed by atoms with Gasteiger partial charge in [-0.15, -0.1) is 0 Å². The van der Waals surface area contributed by atoms with E-state index in [2.05, 4.69) is 68.8 Å². The third kappa shape index (κ3) is 3.99. The highest BCUT2D eigenvalue weighted by atomic mass is 16.4. The van der Waals surface area contributed by atoms with E-state index in [1.807, 2.05) is 18.3 Å². The van der Waals surface area contributed by atoms with Crippen molar-refractivity contribution in [3.8, 4) is 11.4 Å². The van der Waals surface area contributed by atoms with Crippen molar-refractivity contribution in [2.24, 2.45) is 5.16 Å². The average molecular weight is 325 g/mol. The Morgan fingerprint density at radius 3 is 2.04 bits per heavy atom. The van der Waals surface area contributed by atoms with Gasteiger partial charge in [0.15, 0.2) is 0 Å². The second-order valence-corrected chi connectivity index (χ2v) is 8.24. The number of rotatable bonds is 2. The summed E-state index contributed by atoms with van der Waals surface area (Å²) >= 11 is 0. The second-order valence-electron chi connectivity index (χ2n) is 8.24. The van der Waals surface area contributed by atoms with Gasteiger partial charge in [-0.3, -0.25) is 4.98 Å². The molecule has 2 aromatic heterocycles. The number of pyridine rings is 2. The standard InChI is InChI=1S/C20H27N3O/c1-13(23-24)16-11-15(20(5,6)7)12-18(22-16)17-10-14(8-9-21-17)19(2,3)4/h8-12,24H,1-7H3/b23-13-. The Balaban J connectivity index is 2.66. The summed E-state index contributed by atoms with van der Waals surface area (Å²) < 4.78 is 0. The maximum absolute atomic E-state index is 9.13. The lowest BCUT2D eigenvalue weighted by Crippen LogP contribution is -2.14. The van der Waals surface area contributed by atoms with E-state index in [0.717, 1.165) is 17.0 Å². The molecule has 24 heavy (non-hydrogen) atoms. The zero-order valence-corrected chi connectivity index (χ0v) is 15.7. The molecule has 1 N–H and O–H groups in total. The van der Waals surface area contributed by atoms with Gasteiger partial charge in [0.05, 0.1) is 17.1 Å². The summed E-state index contributed by atoms with van der Waals surface area (Å²) in [5.74, 6) is 0. The van der Waals surface area contributed by atoms with E-state index >= 15 is 0 Å². The van der Waals surface area contributed by atoms with Crippen LogP contribution < -0.4 is 0 Å². The maximum atomic E-state index is 9.13. The van der Waals surface area contributed by atoms with Crippen LogP contribution in [0.4, 0.5) is 0 Å². The molecule has 2 rings (SSSR count). The van der Waals surface area contributed by atoms with E-state index in [4.69, 9.17) is 5.21 Å². The highest BCUT2D eigenvalue weighted by Crippen LogP contribution is 2.29. The molecule has 0 aliphatic heterocycles. The highest BCUT2D eigenvalue weighted by molar-refractivity contribution is 5.97. The van der Waals surface area contributed by atoms with Crippen LogP contribution >= 0.6 is 0 Å². The van der Waals surface area contributed by atoms with Crippen molar-refractivity contribution in [2.45, 2.75) is 59.3 Å². The Kier molecular flexibility index (Phi) is 4.79. The molecule has 0 aliphatic rings. The van der Waals surface area contributed by atoms with Gasteiger partial charge in [-0.05, 0) is 53.1 Å². The van der Waals surface area contributed by atoms with Crippen molar-refractivity contribution >= 4 is 5.71 Å². The van der Waals surface area contributed by atoms with Crippen LogP contribution in [0.25, 0.3) is 11.4 Å². The summed E-state index contributed by atoms with van der Waals surface area (Å²) in [6.07, 6.45) is 1.83. The number of hydrogen-bond acceptors (Lipinski definition) is 4. The highest BCUT2D eigenvalue weighted by Gasteiger charge is 2.19. The van der Waals surface area contributed by atoms with Gasteiger partial charge in [-0.1, -0.05) is 46.7 Å². The minimum atomic E-state index is -0.0379. The predicted octanol–water partition coefficient (Wildman–Crippen LogP) is 4.94. The SMILES string of the molecule is C/C(=N/O)c1cc(C(C)(C)C)cc(-c2cc(C(C)(C)C)ccn2)n1. The monoisotopic (exact) mass is 325 g/mol. The first-order valence-electron chi connectivity index (χ1n) is 8.21. The first-order chi connectivity index (χ1) is 11.0. The Morgan fingerprint density at radius 2 is 1.50 bits per heavy atom. The van der Waals surface area contributed by atoms with Crippen molar-refractivity contribution in [1.29, 1.82) is 0 Å². The van der Waals surface area contributed by atoms with E-state index in [0.29, 0.717) is 11.4 Å². The Hall–Kier alpha value is -2.23. The quantitative estimate of drug-likeness (QED) is 0.483. The predicted molar refractivity (Wildman–Crippen MR) is 98.9 cm³/mol. The lowest BCUT2D eigenvalue weighted by atomic mass is 9.85. The molecule has 2 aromatic rings. The molecule has 0 saturated carbocycles. The number of oxime groups is 1. The minimum Gasteiger partial charge on any atom is -0.411 e. The first kappa shape index (κ1) is 18.1. The third-order valence-electron chi connectivity index (χ3n) is 4.10. The van der Waals surface area contributed by atoms with Crippen LogP contribution in [0.15, 0.2) is 35.6 Å². The molecule has 0 spiro atoms. The van der Waals surface area contributed by atoms with Gasteiger partial charge in [0, 0.05) is 6.20 Å². The largest absolute Gasteiger partial charge is 0.411 e.